The molecule has 0 radical (unpaired) electrons. The van der Waals surface area contributed by atoms with Crippen LogP contribution in [0.2, 0.25) is 5.15 Å². The van der Waals surface area contributed by atoms with Crippen molar-refractivity contribution in [2.24, 2.45) is 0 Å². The maximum absolute atomic E-state index is 10.9. The van der Waals surface area contributed by atoms with Gasteiger partial charge in [-0.15, -0.1) is 0 Å². The van der Waals surface area contributed by atoms with Crippen molar-refractivity contribution in [1.29, 1.82) is 0 Å². The third kappa shape index (κ3) is 2.38. The van der Waals surface area contributed by atoms with Crippen LogP contribution in [-0.2, 0) is 6.54 Å². The highest BCUT2D eigenvalue weighted by Crippen LogP contribution is 2.28. The fourth-order valence-electron chi connectivity index (χ4n) is 1.38. The molecule has 0 bridgehead atoms. The number of rotatable bonds is 4. The van der Waals surface area contributed by atoms with Crippen LogP contribution in [0.4, 0.5) is 11.5 Å². The smallest absolute Gasteiger partial charge is 0.348 e. The van der Waals surface area contributed by atoms with Crippen LogP contribution in [0.3, 0.4) is 0 Å². The van der Waals surface area contributed by atoms with E-state index in [0.29, 0.717) is 6.54 Å². The number of aromatic nitrogens is 4. The van der Waals surface area contributed by atoms with Crippen LogP contribution in [0.1, 0.15) is 11.3 Å². The van der Waals surface area contributed by atoms with Gasteiger partial charge in [-0.25, -0.2) is 9.97 Å². The van der Waals surface area contributed by atoms with E-state index in [1.807, 2.05) is 6.92 Å². The van der Waals surface area contributed by atoms with E-state index in [1.54, 1.807) is 6.20 Å². The predicted octanol–water partition coefficient (Wildman–Crippen LogP) is 1.68. The lowest BCUT2D eigenvalue weighted by Gasteiger charge is -2.05. The Morgan fingerprint density at radius 1 is 1.56 bits per heavy atom. The van der Waals surface area contributed by atoms with Crippen molar-refractivity contribution in [3.05, 3.63) is 39.0 Å². The first kappa shape index (κ1) is 12.2. The quantitative estimate of drug-likeness (QED) is 0.496. The van der Waals surface area contributed by atoms with Gasteiger partial charge >= 0.3 is 5.69 Å². The van der Waals surface area contributed by atoms with Crippen LogP contribution >= 0.6 is 11.6 Å². The minimum absolute atomic E-state index is 0.0839. The molecule has 0 saturated heterocycles. The van der Waals surface area contributed by atoms with E-state index in [4.69, 9.17) is 11.6 Å². The van der Waals surface area contributed by atoms with Gasteiger partial charge in [0.25, 0.3) is 0 Å². The Hall–Kier alpha value is -2.22. The molecule has 18 heavy (non-hydrogen) atoms. The van der Waals surface area contributed by atoms with Crippen molar-refractivity contribution in [3.8, 4) is 0 Å². The molecule has 0 amide bonds. The van der Waals surface area contributed by atoms with Crippen molar-refractivity contribution in [1.82, 2.24) is 20.2 Å². The van der Waals surface area contributed by atoms with Gasteiger partial charge in [0, 0.05) is 17.8 Å². The summed E-state index contributed by atoms with van der Waals surface area (Å²) in [5.74, 6) is 0.0839. The van der Waals surface area contributed by atoms with Crippen molar-refractivity contribution >= 4 is 23.1 Å². The highest BCUT2D eigenvalue weighted by atomic mass is 35.5. The zero-order valence-corrected chi connectivity index (χ0v) is 10.1. The summed E-state index contributed by atoms with van der Waals surface area (Å²) in [7, 11) is 0. The maximum atomic E-state index is 10.9. The number of hydrogen-bond donors (Lipinski definition) is 2. The number of aromatic amines is 1. The minimum atomic E-state index is -0.618. The molecule has 0 aliphatic heterocycles. The number of anilines is 1. The van der Waals surface area contributed by atoms with E-state index in [-0.39, 0.29) is 16.7 Å². The number of nitro groups is 1. The number of nitrogens with zero attached hydrogens (tertiary/aromatic N) is 4. The molecule has 2 aromatic heterocycles. The minimum Gasteiger partial charge on any atom is -0.360 e. The second kappa shape index (κ2) is 4.96. The molecule has 9 heteroatoms. The van der Waals surface area contributed by atoms with Gasteiger partial charge in [-0.2, -0.15) is 5.10 Å². The molecule has 2 rings (SSSR count). The fourth-order valence-corrected chi connectivity index (χ4v) is 1.58. The second-order valence-corrected chi connectivity index (χ2v) is 3.85. The molecule has 0 unspecified atom stereocenters. The summed E-state index contributed by atoms with van der Waals surface area (Å²) in [6.45, 7) is 2.21. The Morgan fingerprint density at radius 3 is 2.94 bits per heavy atom. The van der Waals surface area contributed by atoms with E-state index < -0.39 is 4.92 Å². The van der Waals surface area contributed by atoms with Gasteiger partial charge in [0.15, 0.2) is 0 Å². The van der Waals surface area contributed by atoms with Crippen molar-refractivity contribution < 1.29 is 4.92 Å². The highest BCUT2D eigenvalue weighted by molar-refractivity contribution is 6.31. The van der Waals surface area contributed by atoms with Gasteiger partial charge in [0.2, 0.25) is 11.0 Å². The Bertz CT molecular complexity index is 584. The second-order valence-electron chi connectivity index (χ2n) is 3.49. The highest BCUT2D eigenvalue weighted by Gasteiger charge is 2.21. The third-order valence-electron chi connectivity index (χ3n) is 2.34. The van der Waals surface area contributed by atoms with Gasteiger partial charge in [-0.1, -0.05) is 11.6 Å². The van der Waals surface area contributed by atoms with E-state index in [9.17, 15) is 10.1 Å². The molecular weight excluding hydrogens is 260 g/mol. The number of nitrogens with one attached hydrogen (secondary N) is 2. The summed E-state index contributed by atoms with van der Waals surface area (Å²) in [4.78, 5) is 17.6. The van der Waals surface area contributed by atoms with Crippen LogP contribution in [-0.4, -0.2) is 25.1 Å². The first-order valence-electron chi connectivity index (χ1n) is 4.97. The summed E-state index contributed by atoms with van der Waals surface area (Å²) >= 11 is 5.66. The molecule has 0 aliphatic rings. The summed E-state index contributed by atoms with van der Waals surface area (Å²) in [6.07, 6.45) is 2.80. The van der Waals surface area contributed by atoms with E-state index in [0.717, 1.165) is 11.3 Å². The predicted molar refractivity (Wildman–Crippen MR) is 64.3 cm³/mol. The SMILES string of the molecule is Cc1[nH]ncc1CNc1ncnc(Cl)c1[N+](=O)[O-]. The largest absolute Gasteiger partial charge is 0.360 e. The average molecular weight is 269 g/mol. The van der Waals surface area contributed by atoms with E-state index >= 15 is 0 Å². The van der Waals surface area contributed by atoms with E-state index in [1.165, 1.54) is 6.33 Å². The number of aryl methyl sites for hydroxylation is 1. The summed E-state index contributed by atoms with van der Waals surface area (Å²) in [5, 5.41) is 20.1. The van der Waals surface area contributed by atoms with Gasteiger partial charge < -0.3 is 5.32 Å². The standard InChI is InChI=1S/C9H9ClN6O2/c1-5-6(3-14-15-5)2-11-9-7(16(17)18)8(10)12-4-13-9/h3-4H,2H2,1H3,(H,14,15)(H,11,12,13). The molecule has 2 N–H and O–H groups in total. The zero-order valence-electron chi connectivity index (χ0n) is 9.35. The van der Waals surface area contributed by atoms with E-state index in [2.05, 4.69) is 25.5 Å². The molecule has 94 valence electrons. The fraction of sp³-hybridized carbons (Fsp3) is 0.222. The number of H-pyrrole nitrogens is 1. The van der Waals surface area contributed by atoms with Crippen LogP contribution in [0.15, 0.2) is 12.5 Å². The molecular formula is C9H9ClN6O2. The summed E-state index contributed by atoms with van der Waals surface area (Å²) in [6, 6.07) is 0. The van der Waals surface area contributed by atoms with Gasteiger partial charge in [0.1, 0.15) is 6.33 Å². The first-order valence-corrected chi connectivity index (χ1v) is 5.35. The number of hydrogen-bond acceptors (Lipinski definition) is 6. The van der Waals surface area contributed by atoms with Crippen LogP contribution < -0.4 is 5.32 Å². The topological polar surface area (TPSA) is 110 Å². The molecule has 0 aliphatic carbocycles. The van der Waals surface area contributed by atoms with Gasteiger partial charge in [-0.05, 0) is 6.92 Å². The molecule has 0 spiro atoms. The van der Waals surface area contributed by atoms with Crippen LogP contribution in [0.25, 0.3) is 0 Å². The molecule has 0 saturated carbocycles. The van der Waals surface area contributed by atoms with Crippen LogP contribution in [0, 0.1) is 17.0 Å². The normalized spacial score (nSPS) is 10.3. The first-order chi connectivity index (χ1) is 8.59. The molecule has 2 heterocycles. The maximum Gasteiger partial charge on any atom is 0.348 e. The molecule has 0 aromatic carbocycles. The molecule has 2 aromatic rings. The third-order valence-corrected chi connectivity index (χ3v) is 2.62. The van der Waals surface area contributed by atoms with Gasteiger partial charge in [0.05, 0.1) is 11.1 Å². The Morgan fingerprint density at radius 2 is 2.33 bits per heavy atom. The average Bonchev–Trinajstić information content (AvgIpc) is 2.71. The van der Waals surface area contributed by atoms with Gasteiger partial charge in [-0.3, -0.25) is 15.2 Å². The lowest BCUT2D eigenvalue weighted by Crippen LogP contribution is -2.06. The zero-order chi connectivity index (χ0) is 13.1. The van der Waals surface area contributed by atoms with Crippen molar-refractivity contribution in [3.63, 3.8) is 0 Å². The monoisotopic (exact) mass is 268 g/mol. The van der Waals surface area contributed by atoms with Crippen molar-refractivity contribution in [2.75, 3.05) is 5.32 Å². The lowest BCUT2D eigenvalue weighted by molar-refractivity contribution is -0.384. The Balaban J connectivity index is 2.22. The summed E-state index contributed by atoms with van der Waals surface area (Å²) < 4.78 is 0. The molecule has 8 nitrogen and oxygen atoms in total. The molecule has 0 fully saturated rings. The van der Waals surface area contributed by atoms with Crippen molar-refractivity contribution in [2.45, 2.75) is 13.5 Å². The molecule has 0 atom stereocenters. The number of halogens is 1. The Labute approximate surface area is 107 Å². The summed E-state index contributed by atoms with van der Waals surface area (Å²) in [5.41, 5.74) is 1.43. The van der Waals surface area contributed by atoms with Crippen LogP contribution in [0.5, 0.6) is 0 Å². The Kier molecular flexibility index (Phi) is 3.38. The lowest BCUT2D eigenvalue weighted by atomic mass is 10.2.